The lowest BCUT2D eigenvalue weighted by Crippen LogP contribution is -2.31. The van der Waals surface area contributed by atoms with Crippen LogP contribution in [0.3, 0.4) is 0 Å². The fourth-order valence-corrected chi connectivity index (χ4v) is 3.15. The van der Waals surface area contributed by atoms with Gasteiger partial charge in [-0.3, -0.25) is 14.6 Å². The third-order valence-electron chi connectivity index (χ3n) is 4.70. The monoisotopic (exact) mass is 378 g/mol. The first-order valence-electron chi connectivity index (χ1n) is 9.43. The van der Waals surface area contributed by atoms with Gasteiger partial charge in [0, 0.05) is 29.3 Å². The van der Waals surface area contributed by atoms with Crippen LogP contribution in [0, 0.1) is 0 Å². The fourth-order valence-electron chi connectivity index (χ4n) is 3.15. The molecule has 1 aliphatic carbocycles. The van der Waals surface area contributed by atoms with E-state index < -0.39 is 11.5 Å². The second-order valence-electron chi connectivity index (χ2n) is 6.95. The Morgan fingerprint density at radius 1 is 1.36 bits per heavy atom. The van der Waals surface area contributed by atoms with Crippen molar-refractivity contribution in [3.05, 3.63) is 52.6 Å². The van der Waals surface area contributed by atoms with Crippen molar-refractivity contribution in [2.24, 2.45) is 0 Å². The number of carbonyl (C=O) groups is 1. The van der Waals surface area contributed by atoms with E-state index in [1.807, 2.05) is 25.1 Å². The molecule has 144 valence electrons. The first kappa shape index (κ1) is 18.0. The van der Waals surface area contributed by atoms with Crippen LogP contribution in [0.4, 0.5) is 5.69 Å². The Labute approximate surface area is 161 Å². The molecule has 7 nitrogen and oxygen atoms in total. The maximum absolute atomic E-state index is 12.6. The summed E-state index contributed by atoms with van der Waals surface area (Å²) in [5.41, 5.74) is 7.99. The molecule has 3 aromatic rings. The van der Waals surface area contributed by atoms with Crippen molar-refractivity contribution in [2.75, 3.05) is 12.3 Å². The number of aromatic nitrogens is 2. The first-order chi connectivity index (χ1) is 13.6. The molecule has 7 heteroatoms. The zero-order valence-electron chi connectivity index (χ0n) is 15.6. The minimum atomic E-state index is -0.510. The maximum Gasteiger partial charge on any atom is 0.263 e. The van der Waals surface area contributed by atoms with Crippen molar-refractivity contribution in [2.45, 2.75) is 32.3 Å². The van der Waals surface area contributed by atoms with Gasteiger partial charge in [0.15, 0.2) is 0 Å². The average molecular weight is 378 g/mol. The largest absolute Gasteiger partial charge is 0.489 e. The van der Waals surface area contributed by atoms with Crippen molar-refractivity contribution in [1.29, 1.82) is 0 Å². The Bertz CT molecular complexity index is 1100. The standard InChI is InChI=1S/C21H22N4O3/c1-2-8-24-20(26)17-18(22)16-5-3-4-15(19(16)25-21(17)27)12-9-14(11-23-10-12)28-13-6-7-13/h3-5,9-11,13H,2,6-8H2,1H3,(H,24,26)(H3,22,25,27). The smallest absolute Gasteiger partial charge is 0.263 e. The van der Waals surface area contributed by atoms with Crippen LogP contribution in [0.2, 0.25) is 0 Å². The number of nitrogens with one attached hydrogen (secondary N) is 2. The number of nitrogens with two attached hydrogens (primary N) is 1. The molecular formula is C21H22N4O3. The second kappa shape index (κ2) is 7.34. The lowest BCUT2D eigenvalue weighted by Gasteiger charge is -2.12. The molecule has 1 fully saturated rings. The van der Waals surface area contributed by atoms with E-state index in [2.05, 4.69) is 15.3 Å². The molecule has 2 aromatic heterocycles. The van der Waals surface area contributed by atoms with Crippen LogP contribution in [0.5, 0.6) is 5.75 Å². The van der Waals surface area contributed by atoms with E-state index in [9.17, 15) is 9.59 Å². The number of fused-ring (bicyclic) bond motifs is 1. The normalized spacial score (nSPS) is 13.5. The minimum Gasteiger partial charge on any atom is -0.489 e. The average Bonchev–Trinajstić information content (AvgIpc) is 3.50. The zero-order chi connectivity index (χ0) is 19.7. The number of aromatic amines is 1. The number of hydrogen-bond acceptors (Lipinski definition) is 5. The summed E-state index contributed by atoms with van der Waals surface area (Å²) in [6, 6.07) is 7.41. The summed E-state index contributed by atoms with van der Waals surface area (Å²) >= 11 is 0. The van der Waals surface area contributed by atoms with E-state index in [1.165, 1.54) is 0 Å². The van der Waals surface area contributed by atoms with Gasteiger partial charge in [-0.2, -0.15) is 0 Å². The van der Waals surface area contributed by atoms with E-state index in [0.717, 1.165) is 30.4 Å². The highest BCUT2D eigenvalue weighted by atomic mass is 16.5. The minimum absolute atomic E-state index is 0.0537. The number of nitrogen functional groups attached to an aromatic ring is 1. The Morgan fingerprint density at radius 2 is 2.18 bits per heavy atom. The highest BCUT2D eigenvalue weighted by molar-refractivity contribution is 6.08. The zero-order valence-corrected chi connectivity index (χ0v) is 15.6. The molecule has 0 bridgehead atoms. The summed E-state index contributed by atoms with van der Waals surface area (Å²) in [5.74, 6) is 0.234. The molecular weight excluding hydrogens is 356 g/mol. The molecule has 0 aliphatic heterocycles. The molecule has 4 rings (SSSR count). The highest BCUT2D eigenvalue weighted by Gasteiger charge is 2.24. The van der Waals surface area contributed by atoms with Crippen molar-refractivity contribution in [3.63, 3.8) is 0 Å². The van der Waals surface area contributed by atoms with Crippen LogP contribution >= 0.6 is 0 Å². The number of H-pyrrole nitrogens is 1. The molecule has 1 saturated carbocycles. The van der Waals surface area contributed by atoms with Crippen LogP contribution in [0.25, 0.3) is 22.0 Å². The van der Waals surface area contributed by atoms with Crippen LogP contribution in [-0.4, -0.2) is 28.5 Å². The number of para-hydroxylation sites is 1. The topological polar surface area (TPSA) is 110 Å². The number of amides is 1. The number of hydrogen-bond donors (Lipinski definition) is 3. The van der Waals surface area contributed by atoms with Crippen molar-refractivity contribution < 1.29 is 9.53 Å². The molecule has 0 saturated heterocycles. The van der Waals surface area contributed by atoms with Gasteiger partial charge < -0.3 is 20.8 Å². The lowest BCUT2D eigenvalue weighted by molar-refractivity contribution is 0.0953. The Hall–Kier alpha value is -3.35. The van der Waals surface area contributed by atoms with Crippen molar-refractivity contribution >= 4 is 22.5 Å². The molecule has 0 spiro atoms. The SMILES string of the molecule is CCCNC(=O)c1c(N)c2cccc(-c3cncc(OC4CC4)c3)c2[nH]c1=O. The predicted molar refractivity (Wildman–Crippen MR) is 108 cm³/mol. The van der Waals surface area contributed by atoms with Gasteiger partial charge in [0.1, 0.15) is 11.3 Å². The van der Waals surface area contributed by atoms with E-state index in [-0.39, 0.29) is 17.4 Å². The van der Waals surface area contributed by atoms with Gasteiger partial charge in [-0.05, 0) is 25.3 Å². The third kappa shape index (κ3) is 3.43. The summed E-state index contributed by atoms with van der Waals surface area (Å²) in [7, 11) is 0. The molecule has 28 heavy (non-hydrogen) atoms. The van der Waals surface area contributed by atoms with Gasteiger partial charge >= 0.3 is 0 Å². The van der Waals surface area contributed by atoms with Crippen molar-refractivity contribution in [1.82, 2.24) is 15.3 Å². The van der Waals surface area contributed by atoms with E-state index in [4.69, 9.17) is 10.5 Å². The van der Waals surface area contributed by atoms with Gasteiger partial charge in [-0.15, -0.1) is 0 Å². The lowest BCUT2D eigenvalue weighted by atomic mass is 10.0. The third-order valence-corrected chi connectivity index (χ3v) is 4.70. The van der Waals surface area contributed by atoms with E-state index >= 15 is 0 Å². The number of pyridine rings is 2. The number of ether oxygens (including phenoxy) is 1. The molecule has 1 aliphatic rings. The van der Waals surface area contributed by atoms with Crippen LogP contribution in [0.1, 0.15) is 36.5 Å². The molecule has 2 heterocycles. The van der Waals surface area contributed by atoms with E-state index in [1.54, 1.807) is 18.5 Å². The van der Waals surface area contributed by atoms with Crippen LogP contribution in [0.15, 0.2) is 41.5 Å². The van der Waals surface area contributed by atoms with Gasteiger partial charge in [0.2, 0.25) is 0 Å². The Morgan fingerprint density at radius 3 is 2.93 bits per heavy atom. The summed E-state index contributed by atoms with van der Waals surface area (Å²) in [4.78, 5) is 32.1. The van der Waals surface area contributed by atoms with Gasteiger partial charge in [0.05, 0.1) is 23.5 Å². The quantitative estimate of drug-likeness (QED) is 0.611. The number of nitrogens with zero attached hydrogens (tertiary/aromatic N) is 1. The summed E-state index contributed by atoms with van der Waals surface area (Å²) in [6.45, 7) is 2.42. The summed E-state index contributed by atoms with van der Waals surface area (Å²) in [5, 5.41) is 3.33. The molecule has 1 aromatic carbocycles. The molecule has 0 radical (unpaired) electrons. The maximum atomic E-state index is 12.6. The second-order valence-corrected chi connectivity index (χ2v) is 6.95. The van der Waals surface area contributed by atoms with Gasteiger partial charge in [-0.1, -0.05) is 25.1 Å². The number of benzene rings is 1. The summed E-state index contributed by atoms with van der Waals surface area (Å²) in [6.07, 6.45) is 6.55. The van der Waals surface area contributed by atoms with Gasteiger partial charge in [0.25, 0.3) is 11.5 Å². The number of carbonyl (C=O) groups excluding carboxylic acids is 1. The summed E-state index contributed by atoms with van der Waals surface area (Å²) < 4.78 is 5.82. The van der Waals surface area contributed by atoms with Crippen LogP contribution < -0.4 is 21.3 Å². The Balaban J connectivity index is 1.81. The Kier molecular flexibility index (Phi) is 4.73. The first-order valence-corrected chi connectivity index (χ1v) is 9.43. The van der Waals surface area contributed by atoms with E-state index in [0.29, 0.717) is 23.2 Å². The van der Waals surface area contributed by atoms with Crippen LogP contribution in [-0.2, 0) is 0 Å². The molecule has 0 unspecified atom stereocenters. The molecule has 4 N–H and O–H groups in total. The number of anilines is 1. The fraction of sp³-hybridized carbons (Fsp3) is 0.286. The number of rotatable bonds is 6. The molecule has 1 amide bonds. The highest BCUT2D eigenvalue weighted by Crippen LogP contribution is 2.33. The van der Waals surface area contributed by atoms with Gasteiger partial charge in [-0.25, -0.2) is 0 Å². The molecule has 0 atom stereocenters. The van der Waals surface area contributed by atoms with Crippen molar-refractivity contribution in [3.8, 4) is 16.9 Å². The predicted octanol–water partition coefficient (Wildman–Crippen LogP) is 2.85.